The van der Waals surface area contributed by atoms with E-state index in [0.29, 0.717) is 12.1 Å². The van der Waals surface area contributed by atoms with Gasteiger partial charge >= 0.3 is 6.61 Å². The van der Waals surface area contributed by atoms with Gasteiger partial charge in [0.1, 0.15) is 0 Å². The molecule has 0 aliphatic carbocycles. The smallest absolute Gasteiger partial charge is 0.387 e. The van der Waals surface area contributed by atoms with Crippen LogP contribution in [0.25, 0.3) is 0 Å². The average Bonchev–Trinajstić information content (AvgIpc) is 2.44. The first kappa shape index (κ1) is 19.4. The van der Waals surface area contributed by atoms with Crippen LogP contribution in [0.4, 0.5) is 8.78 Å². The summed E-state index contributed by atoms with van der Waals surface area (Å²) in [5, 5.41) is 5.70. The van der Waals surface area contributed by atoms with Gasteiger partial charge in [0.15, 0.2) is 11.5 Å². The van der Waals surface area contributed by atoms with E-state index in [1.165, 1.54) is 25.3 Å². The Balaban J connectivity index is 0.00000400. The first-order chi connectivity index (χ1) is 9.47. The zero-order valence-electron chi connectivity index (χ0n) is 12.0. The Bertz CT molecular complexity index is 461. The third-order valence-corrected chi connectivity index (χ3v) is 2.70. The molecule has 1 unspecified atom stereocenters. The van der Waals surface area contributed by atoms with E-state index in [-0.39, 0.29) is 35.9 Å². The van der Waals surface area contributed by atoms with E-state index in [4.69, 9.17) is 4.74 Å². The largest absolute Gasteiger partial charge is 0.493 e. The molecule has 5 nitrogen and oxygen atoms in total. The molecule has 2 N–H and O–H groups in total. The van der Waals surface area contributed by atoms with Crippen molar-refractivity contribution >= 4 is 18.3 Å². The fourth-order valence-corrected chi connectivity index (χ4v) is 1.45. The van der Waals surface area contributed by atoms with Crippen molar-refractivity contribution in [2.45, 2.75) is 19.6 Å². The van der Waals surface area contributed by atoms with Crippen LogP contribution in [0.5, 0.6) is 11.5 Å². The zero-order valence-corrected chi connectivity index (χ0v) is 12.8. The molecule has 0 aliphatic heterocycles. The number of carbonyl (C=O) groups excluding carboxylic acids is 1. The minimum Gasteiger partial charge on any atom is -0.493 e. The molecule has 0 saturated heterocycles. The number of carbonyl (C=O) groups is 1. The maximum Gasteiger partial charge on any atom is 0.387 e. The molecule has 0 heterocycles. The number of amides is 1. The molecule has 21 heavy (non-hydrogen) atoms. The van der Waals surface area contributed by atoms with Crippen LogP contribution in [0.2, 0.25) is 0 Å². The highest BCUT2D eigenvalue weighted by atomic mass is 35.5. The number of likely N-dealkylation sites (N-methyl/N-ethyl adjacent to an activating group) is 1. The predicted octanol–water partition coefficient (Wildman–Crippen LogP) is 2.06. The van der Waals surface area contributed by atoms with Crippen LogP contribution < -0.4 is 20.1 Å². The van der Waals surface area contributed by atoms with Crippen LogP contribution >= 0.6 is 12.4 Å². The maximum atomic E-state index is 12.2. The number of alkyl halides is 2. The zero-order chi connectivity index (χ0) is 15.1. The molecule has 1 amide bonds. The number of halogens is 3. The summed E-state index contributed by atoms with van der Waals surface area (Å²) in [6.07, 6.45) is 0. The molecule has 0 bridgehead atoms. The number of ether oxygens (including phenoxy) is 2. The molecule has 0 spiro atoms. The maximum absolute atomic E-state index is 12.2. The van der Waals surface area contributed by atoms with Crippen LogP contribution in [-0.4, -0.2) is 39.3 Å². The Morgan fingerprint density at radius 1 is 1.33 bits per heavy atom. The lowest BCUT2D eigenvalue weighted by molar-refractivity contribution is -0.0512. The second kappa shape index (κ2) is 9.36. The van der Waals surface area contributed by atoms with Gasteiger partial charge in [-0.3, -0.25) is 4.79 Å². The van der Waals surface area contributed by atoms with Gasteiger partial charge in [-0.05, 0) is 32.2 Å². The van der Waals surface area contributed by atoms with Crippen molar-refractivity contribution in [1.29, 1.82) is 0 Å². The van der Waals surface area contributed by atoms with Gasteiger partial charge in [-0.1, -0.05) is 0 Å². The van der Waals surface area contributed by atoms with Crippen molar-refractivity contribution in [1.82, 2.24) is 10.6 Å². The van der Waals surface area contributed by atoms with Crippen molar-refractivity contribution in [2.75, 3.05) is 20.7 Å². The van der Waals surface area contributed by atoms with Crippen molar-refractivity contribution in [2.24, 2.45) is 0 Å². The second-order valence-electron chi connectivity index (χ2n) is 4.14. The fraction of sp³-hybridized carbons (Fsp3) is 0.462. The summed E-state index contributed by atoms with van der Waals surface area (Å²) in [7, 11) is 3.11. The SMILES string of the molecule is CNC(C)CNC(=O)c1ccc(OC(F)F)c(OC)c1.Cl. The molecule has 8 heteroatoms. The standard InChI is InChI=1S/C13H18F2N2O3.ClH/c1-8(16-2)7-17-12(18)9-4-5-10(20-13(14)15)11(6-9)19-3;/h4-6,8,13,16H,7H2,1-3H3,(H,17,18);1H. The lowest BCUT2D eigenvalue weighted by Crippen LogP contribution is -2.37. The van der Waals surface area contributed by atoms with E-state index in [1.807, 2.05) is 6.92 Å². The molecule has 0 aromatic heterocycles. The van der Waals surface area contributed by atoms with E-state index in [1.54, 1.807) is 7.05 Å². The van der Waals surface area contributed by atoms with E-state index in [0.717, 1.165) is 0 Å². The Morgan fingerprint density at radius 2 is 2.00 bits per heavy atom. The topological polar surface area (TPSA) is 59.6 Å². The van der Waals surface area contributed by atoms with Gasteiger partial charge in [-0.15, -0.1) is 12.4 Å². The van der Waals surface area contributed by atoms with Gasteiger partial charge in [-0.2, -0.15) is 8.78 Å². The molecule has 0 aliphatic rings. The Kier molecular flexibility index (Phi) is 8.64. The molecule has 0 fully saturated rings. The summed E-state index contributed by atoms with van der Waals surface area (Å²) in [5.41, 5.74) is 0.312. The van der Waals surface area contributed by atoms with Crippen molar-refractivity contribution < 1.29 is 23.0 Å². The lowest BCUT2D eigenvalue weighted by Gasteiger charge is -2.13. The molecule has 1 aromatic rings. The van der Waals surface area contributed by atoms with Crippen LogP contribution in [0.1, 0.15) is 17.3 Å². The Labute approximate surface area is 128 Å². The normalized spacial score (nSPS) is 11.5. The third-order valence-electron chi connectivity index (χ3n) is 2.70. The van der Waals surface area contributed by atoms with Gasteiger partial charge in [-0.25, -0.2) is 0 Å². The fourth-order valence-electron chi connectivity index (χ4n) is 1.45. The molecule has 1 rings (SSSR count). The molecular formula is C13H19ClF2N2O3. The minimum atomic E-state index is -2.94. The summed E-state index contributed by atoms with van der Waals surface area (Å²) in [6.45, 7) is -0.576. The van der Waals surface area contributed by atoms with Crippen LogP contribution in [0, 0.1) is 0 Å². The summed E-state index contributed by atoms with van der Waals surface area (Å²) < 4.78 is 33.6. The number of hydrogen-bond acceptors (Lipinski definition) is 4. The molecule has 0 saturated carbocycles. The first-order valence-electron chi connectivity index (χ1n) is 6.06. The van der Waals surface area contributed by atoms with Gasteiger partial charge in [0.2, 0.25) is 0 Å². The van der Waals surface area contributed by atoms with E-state index in [9.17, 15) is 13.6 Å². The summed E-state index contributed by atoms with van der Waals surface area (Å²) >= 11 is 0. The highest BCUT2D eigenvalue weighted by molar-refractivity contribution is 5.94. The average molecular weight is 325 g/mol. The summed E-state index contributed by atoms with van der Waals surface area (Å²) in [4.78, 5) is 11.9. The number of hydrogen-bond donors (Lipinski definition) is 2. The number of rotatable bonds is 7. The van der Waals surface area contributed by atoms with Crippen LogP contribution in [0.3, 0.4) is 0 Å². The summed E-state index contributed by atoms with van der Waals surface area (Å²) in [6, 6.07) is 4.17. The van der Waals surface area contributed by atoms with E-state index >= 15 is 0 Å². The Hall–Kier alpha value is -1.60. The van der Waals surface area contributed by atoms with E-state index < -0.39 is 6.61 Å². The van der Waals surface area contributed by atoms with Gasteiger partial charge in [0, 0.05) is 18.2 Å². The molecule has 0 radical (unpaired) electrons. The Morgan fingerprint density at radius 3 is 2.52 bits per heavy atom. The highest BCUT2D eigenvalue weighted by Crippen LogP contribution is 2.29. The van der Waals surface area contributed by atoms with E-state index in [2.05, 4.69) is 15.4 Å². The number of methoxy groups -OCH3 is 1. The number of nitrogens with one attached hydrogen (secondary N) is 2. The first-order valence-corrected chi connectivity index (χ1v) is 6.06. The highest BCUT2D eigenvalue weighted by Gasteiger charge is 2.14. The lowest BCUT2D eigenvalue weighted by atomic mass is 10.2. The second-order valence-corrected chi connectivity index (χ2v) is 4.14. The van der Waals surface area contributed by atoms with Crippen molar-refractivity contribution in [3.8, 4) is 11.5 Å². The molecule has 120 valence electrons. The van der Waals surface area contributed by atoms with Crippen molar-refractivity contribution in [3.63, 3.8) is 0 Å². The molecular weight excluding hydrogens is 306 g/mol. The minimum absolute atomic E-state index is 0. The summed E-state index contributed by atoms with van der Waals surface area (Å²) in [5.74, 6) is -0.337. The molecule has 1 aromatic carbocycles. The van der Waals surface area contributed by atoms with Crippen LogP contribution in [-0.2, 0) is 0 Å². The number of benzene rings is 1. The van der Waals surface area contributed by atoms with Gasteiger partial charge in [0.25, 0.3) is 5.91 Å². The van der Waals surface area contributed by atoms with Crippen molar-refractivity contribution in [3.05, 3.63) is 23.8 Å². The van der Waals surface area contributed by atoms with Crippen LogP contribution in [0.15, 0.2) is 18.2 Å². The monoisotopic (exact) mass is 324 g/mol. The van der Waals surface area contributed by atoms with Gasteiger partial charge < -0.3 is 20.1 Å². The quantitative estimate of drug-likeness (QED) is 0.806. The molecule has 1 atom stereocenters. The van der Waals surface area contributed by atoms with Gasteiger partial charge in [0.05, 0.1) is 7.11 Å². The third kappa shape index (κ3) is 6.14. The predicted molar refractivity (Wildman–Crippen MR) is 77.7 cm³/mol.